The van der Waals surface area contributed by atoms with Gasteiger partial charge >= 0.3 is 6.61 Å². The number of aromatic nitrogens is 1. The summed E-state index contributed by atoms with van der Waals surface area (Å²) in [4.78, 5) is 18.3. The lowest BCUT2D eigenvalue weighted by atomic mass is 10.2. The fourth-order valence-corrected chi connectivity index (χ4v) is 4.50. The van der Waals surface area contributed by atoms with E-state index in [0.29, 0.717) is 20.5 Å². The van der Waals surface area contributed by atoms with Gasteiger partial charge < -0.3 is 14.8 Å². The summed E-state index contributed by atoms with van der Waals surface area (Å²) in [6.45, 7) is -1.07. The van der Waals surface area contributed by atoms with Crippen LogP contribution >= 0.6 is 34.3 Å². The van der Waals surface area contributed by atoms with E-state index in [9.17, 15) is 13.6 Å². The van der Waals surface area contributed by atoms with Gasteiger partial charge in [0.1, 0.15) is 9.88 Å². The van der Waals surface area contributed by atoms with Crippen molar-refractivity contribution in [3.63, 3.8) is 0 Å². The number of methoxy groups -OCH3 is 1. The van der Waals surface area contributed by atoms with Crippen LogP contribution in [0, 0.1) is 6.92 Å². The number of thiophene rings is 1. The molecule has 1 N–H and O–H groups in total. The van der Waals surface area contributed by atoms with Gasteiger partial charge in [-0.2, -0.15) is 8.78 Å². The van der Waals surface area contributed by atoms with Crippen molar-refractivity contribution >= 4 is 40.2 Å². The Labute approximate surface area is 172 Å². The predicted octanol–water partition coefficient (Wildman–Crippen LogP) is 5.37. The number of ether oxygens (including phenoxy) is 2. The first-order valence-corrected chi connectivity index (χ1v) is 10.0. The summed E-state index contributed by atoms with van der Waals surface area (Å²) in [6.07, 6.45) is 0. The van der Waals surface area contributed by atoms with E-state index < -0.39 is 6.61 Å². The average molecular weight is 445 g/mol. The van der Waals surface area contributed by atoms with E-state index in [-0.39, 0.29) is 24.0 Å². The van der Waals surface area contributed by atoms with Crippen LogP contribution in [-0.2, 0) is 6.54 Å². The van der Waals surface area contributed by atoms with Gasteiger partial charge in [0.25, 0.3) is 5.91 Å². The largest absolute Gasteiger partial charge is 0.493 e. The maximum Gasteiger partial charge on any atom is 0.387 e. The standard InChI is InChI=1S/C18H15ClF2N2O3S2/c1-9-15(28-17(23-9)13-5-6-14(19)27-13)16(24)22-8-10-3-4-11(25-2)12(7-10)26-18(20)21/h3-7,18H,8H2,1-2H3,(H,22,24). The lowest BCUT2D eigenvalue weighted by molar-refractivity contribution is -0.0512. The lowest BCUT2D eigenvalue weighted by Gasteiger charge is -2.12. The number of nitrogens with one attached hydrogen (secondary N) is 1. The SMILES string of the molecule is COc1ccc(CNC(=O)c2sc(-c3ccc(Cl)s3)nc2C)cc1OC(F)F. The molecule has 2 heterocycles. The van der Waals surface area contributed by atoms with Gasteiger partial charge in [0.2, 0.25) is 0 Å². The van der Waals surface area contributed by atoms with Crippen LogP contribution in [0.1, 0.15) is 20.9 Å². The van der Waals surface area contributed by atoms with Gasteiger partial charge in [-0.1, -0.05) is 17.7 Å². The van der Waals surface area contributed by atoms with Gasteiger partial charge in [-0.05, 0) is 36.8 Å². The number of amides is 1. The number of carbonyl (C=O) groups excluding carboxylic acids is 1. The summed E-state index contributed by atoms with van der Waals surface area (Å²) in [5.41, 5.74) is 1.20. The molecule has 1 amide bonds. The maximum absolute atomic E-state index is 12.5. The zero-order valence-corrected chi connectivity index (χ0v) is 17.2. The van der Waals surface area contributed by atoms with Crippen LogP contribution in [0.25, 0.3) is 9.88 Å². The fourth-order valence-electron chi connectivity index (χ4n) is 2.42. The Morgan fingerprint density at radius 3 is 2.68 bits per heavy atom. The zero-order chi connectivity index (χ0) is 20.3. The lowest BCUT2D eigenvalue weighted by Crippen LogP contribution is -2.22. The monoisotopic (exact) mass is 444 g/mol. The molecule has 0 saturated heterocycles. The van der Waals surface area contributed by atoms with Crippen molar-refractivity contribution in [1.82, 2.24) is 10.3 Å². The van der Waals surface area contributed by atoms with Gasteiger partial charge in [0.15, 0.2) is 11.5 Å². The van der Waals surface area contributed by atoms with Crippen molar-refractivity contribution < 1.29 is 23.0 Å². The molecule has 3 rings (SSSR count). The van der Waals surface area contributed by atoms with E-state index in [4.69, 9.17) is 16.3 Å². The minimum Gasteiger partial charge on any atom is -0.493 e. The molecule has 0 atom stereocenters. The summed E-state index contributed by atoms with van der Waals surface area (Å²) in [6, 6.07) is 8.21. The third-order valence-corrected chi connectivity index (χ3v) is 6.24. The molecule has 1 aromatic carbocycles. The third kappa shape index (κ3) is 4.78. The maximum atomic E-state index is 12.5. The van der Waals surface area contributed by atoms with E-state index in [2.05, 4.69) is 15.0 Å². The topological polar surface area (TPSA) is 60.5 Å². The molecule has 3 aromatic rings. The second-order valence-electron chi connectivity index (χ2n) is 5.58. The number of benzene rings is 1. The highest BCUT2D eigenvalue weighted by molar-refractivity contribution is 7.24. The molecule has 0 aliphatic heterocycles. The van der Waals surface area contributed by atoms with E-state index in [1.54, 1.807) is 19.1 Å². The van der Waals surface area contributed by atoms with Crippen molar-refractivity contribution in [2.24, 2.45) is 0 Å². The summed E-state index contributed by atoms with van der Waals surface area (Å²) in [5.74, 6) is -0.195. The van der Waals surface area contributed by atoms with Gasteiger partial charge in [0.05, 0.1) is 22.0 Å². The molecule has 10 heteroatoms. The first kappa shape index (κ1) is 20.5. The summed E-state index contributed by atoms with van der Waals surface area (Å²) in [7, 11) is 1.36. The fraction of sp³-hybridized carbons (Fsp3) is 0.222. The van der Waals surface area contributed by atoms with Crippen molar-refractivity contribution in [2.75, 3.05) is 7.11 Å². The normalized spacial score (nSPS) is 10.9. The Morgan fingerprint density at radius 1 is 1.25 bits per heavy atom. The number of hydrogen-bond donors (Lipinski definition) is 1. The number of rotatable bonds is 7. The molecule has 0 saturated carbocycles. The zero-order valence-electron chi connectivity index (χ0n) is 14.8. The Hall–Kier alpha value is -2.23. The summed E-state index contributed by atoms with van der Waals surface area (Å²) in [5, 5.41) is 3.49. The smallest absolute Gasteiger partial charge is 0.387 e. The van der Waals surface area contributed by atoms with Crippen molar-refractivity contribution in [3.05, 3.63) is 50.8 Å². The minimum atomic E-state index is -2.97. The average Bonchev–Trinajstić information content (AvgIpc) is 3.25. The van der Waals surface area contributed by atoms with E-state index >= 15 is 0 Å². The second-order valence-corrected chi connectivity index (χ2v) is 8.30. The molecule has 0 aliphatic carbocycles. The Morgan fingerprint density at radius 2 is 2.04 bits per heavy atom. The molecule has 28 heavy (non-hydrogen) atoms. The van der Waals surface area contributed by atoms with Crippen molar-refractivity contribution in [2.45, 2.75) is 20.1 Å². The van der Waals surface area contributed by atoms with E-state index in [0.717, 1.165) is 9.88 Å². The number of hydrogen-bond acceptors (Lipinski definition) is 6. The first-order chi connectivity index (χ1) is 13.4. The van der Waals surface area contributed by atoms with Crippen LogP contribution in [-0.4, -0.2) is 24.6 Å². The number of carbonyl (C=O) groups is 1. The van der Waals surface area contributed by atoms with Crippen LogP contribution in [0.2, 0.25) is 4.34 Å². The number of aryl methyl sites for hydroxylation is 1. The highest BCUT2D eigenvalue weighted by Crippen LogP contribution is 2.35. The Bertz CT molecular complexity index is 991. The van der Waals surface area contributed by atoms with E-state index in [1.807, 2.05) is 6.07 Å². The molecule has 0 radical (unpaired) electrons. The van der Waals surface area contributed by atoms with Crippen LogP contribution in [0.15, 0.2) is 30.3 Å². The van der Waals surface area contributed by atoms with Gasteiger partial charge in [-0.25, -0.2) is 4.98 Å². The number of thiazole rings is 1. The number of halogens is 3. The van der Waals surface area contributed by atoms with Gasteiger partial charge in [-0.15, -0.1) is 22.7 Å². The van der Waals surface area contributed by atoms with Gasteiger partial charge in [0, 0.05) is 6.54 Å². The third-order valence-electron chi connectivity index (χ3n) is 3.68. The molecule has 0 fully saturated rings. The van der Waals surface area contributed by atoms with Gasteiger partial charge in [-0.3, -0.25) is 4.79 Å². The first-order valence-electron chi connectivity index (χ1n) is 8.00. The second kappa shape index (κ2) is 8.85. The summed E-state index contributed by atoms with van der Waals surface area (Å²) >= 11 is 8.61. The molecule has 0 spiro atoms. The molecule has 0 unspecified atom stereocenters. The number of alkyl halides is 2. The molecule has 2 aromatic heterocycles. The van der Waals surface area contributed by atoms with E-state index in [1.165, 1.54) is 41.9 Å². The van der Waals surface area contributed by atoms with Crippen LogP contribution < -0.4 is 14.8 Å². The highest BCUT2D eigenvalue weighted by atomic mass is 35.5. The quantitative estimate of drug-likeness (QED) is 0.532. The summed E-state index contributed by atoms with van der Waals surface area (Å²) < 4.78 is 35.2. The highest BCUT2D eigenvalue weighted by Gasteiger charge is 2.18. The van der Waals surface area contributed by atoms with Crippen LogP contribution in [0.5, 0.6) is 11.5 Å². The Kier molecular flexibility index (Phi) is 6.48. The predicted molar refractivity (Wildman–Crippen MR) is 106 cm³/mol. The molecule has 0 aliphatic rings. The molecular formula is C18H15ClF2N2O3S2. The van der Waals surface area contributed by atoms with Crippen LogP contribution in [0.3, 0.4) is 0 Å². The molecule has 5 nitrogen and oxygen atoms in total. The van der Waals surface area contributed by atoms with Crippen LogP contribution in [0.4, 0.5) is 8.78 Å². The Balaban J connectivity index is 1.71. The molecule has 148 valence electrons. The van der Waals surface area contributed by atoms with Crippen molar-refractivity contribution in [1.29, 1.82) is 0 Å². The minimum absolute atomic E-state index is 0.0879. The molecular weight excluding hydrogens is 430 g/mol. The molecule has 0 bridgehead atoms. The van der Waals surface area contributed by atoms with Crippen molar-refractivity contribution in [3.8, 4) is 21.4 Å². The number of nitrogens with zero attached hydrogens (tertiary/aromatic N) is 1.